The van der Waals surface area contributed by atoms with Gasteiger partial charge in [0.05, 0.1) is 18.1 Å². The standard InChI is InChI=1S/C17H16FN3O3S/c18-14-6-8-16(9-7-14)24-11-10-20-25(22,23)17-12-19-21(13-17)15-4-2-1-3-5-15/h1-9,12-13,20H,10-11H2. The van der Waals surface area contributed by atoms with Crippen molar-refractivity contribution in [2.45, 2.75) is 4.90 Å². The van der Waals surface area contributed by atoms with Crippen molar-refractivity contribution in [1.29, 1.82) is 0 Å². The topological polar surface area (TPSA) is 73.2 Å². The molecule has 6 nitrogen and oxygen atoms in total. The highest BCUT2D eigenvalue weighted by Crippen LogP contribution is 2.12. The van der Waals surface area contributed by atoms with Crippen molar-refractivity contribution in [3.05, 3.63) is 72.8 Å². The van der Waals surface area contributed by atoms with Gasteiger partial charge in [0.15, 0.2) is 0 Å². The van der Waals surface area contributed by atoms with Crippen LogP contribution in [0.25, 0.3) is 5.69 Å². The van der Waals surface area contributed by atoms with Crippen molar-refractivity contribution in [2.24, 2.45) is 0 Å². The summed E-state index contributed by atoms with van der Waals surface area (Å²) in [4.78, 5) is 0.0677. The molecule has 0 spiro atoms. The number of sulfonamides is 1. The number of benzene rings is 2. The fraction of sp³-hybridized carbons (Fsp3) is 0.118. The molecule has 0 aliphatic heterocycles. The SMILES string of the molecule is O=S(=O)(NCCOc1ccc(F)cc1)c1cnn(-c2ccccc2)c1. The van der Waals surface area contributed by atoms with Crippen LogP contribution in [0.2, 0.25) is 0 Å². The van der Waals surface area contributed by atoms with Gasteiger partial charge in [0.2, 0.25) is 10.0 Å². The van der Waals surface area contributed by atoms with Gasteiger partial charge in [-0.05, 0) is 36.4 Å². The number of hydrogen-bond acceptors (Lipinski definition) is 4. The van der Waals surface area contributed by atoms with Gasteiger partial charge < -0.3 is 4.74 Å². The van der Waals surface area contributed by atoms with Crippen LogP contribution in [-0.4, -0.2) is 31.3 Å². The Kier molecular flexibility index (Phi) is 5.11. The quantitative estimate of drug-likeness (QED) is 0.656. The second kappa shape index (κ2) is 7.45. The summed E-state index contributed by atoms with van der Waals surface area (Å²) in [6.45, 7) is 0.202. The van der Waals surface area contributed by atoms with Gasteiger partial charge in [0, 0.05) is 6.54 Å². The molecule has 2 aromatic carbocycles. The molecule has 130 valence electrons. The molecule has 0 radical (unpaired) electrons. The van der Waals surface area contributed by atoms with E-state index in [1.54, 1.807) is 0 Å². The van der Waals surface area contributed by atoms with Crippen LogP contribution >= 0.6 is 0 Å². The zero-order valence-electron chi connectivity index (χ0n) is 13.2. The molecule has 0 saturated carbocycles. The number of para-hydroxylation sites is 1. The van der Waals surface area contributed by atoms with Gasteiger partial charge in [0.25, 0.3) is 0 Å². The zero-order valence-corrected chi connectivity index (χ0v) is 14.0. The molecule has 8 heteroatoms. The van der Waals surface area contributed by atoms with Crippen molar-refractivity contribution in [2.75, 3.05) is 13.2 Å². The molecule has 3 aromatic rings. The van der Waals surface area contributed by atoms with E-state index >= 15 is 0 Å². The van der Waals surface area contributed by atoms with Crippen LogP contribution in [0, 0.1) is 5.82 Å². The van der Waals surface area contributed by atoms with Crippen LogP contribution in [-0.2, 0) is 10.0 Å². The van der Waals surface area contributed by atoms with Gasteiger partial charge in [-0.15, -0.1) is 0 Å². The Morgan fingerprint density at radius 2 is 1.80 bits per heavy atom. The summed E-state index contributed by atoms with van der Waals surface area (Å²) in [5, 5.41) is 4.07. The minimum atomic E-state index is -3.68. The molecule has 0 atom stereocenters. The van der Waals surface area contributed by atoms with E-state index in [-0.39, 0.29) is 23.9 Å². The Hall–Kier alpha value is -2.71. The molecule has 0 saturated heterocycles. The molecule has 25 heavy (non-hydrogen) atoms. The molecule has 0 aliphatic rings. The minimum Gasteiger partial charge on any atom is -0.492 e. The number of nitrogens with one attached hydrogen (secondary N) is 1. The number of nitrogens with zero attached hydrogens (tertiary/aromatic N) is 2. The summed E-state index contributed by atoms with van der Waals surface area (Å²) < 4.78 is 46.6. The number of halogens is 1. The van der Waals surface area contributed by atoms with E-state index in [2.05, 4.69) is 9.82 Å². The van der Waals surface area contributed by atoms with Crippen molar-refractivity contribution in [1.82, 2.24) is 14.5 Å². The molecular weight excluding hydrogens is 345 g/mol. The average Bonchev–Trinajstić information content (AvgIpc) is 3.12. The fourth-order valence-electron chi connectivity index (χ4n) is 2.13. The minimum absolute atomic E-state index is 0.0677. The van der Waals surface area contributed by atoms with Gasteiger partial charge in [-0.2, -0.15) is 5.10 Å². The van der Waals surface area contributed by atoms with E-state index in [1.165, 1.54) is 41.3 Å². The maximum Gasteiger partial charge on any atom is 0.243 e. The predicted octanol–water partition coefficient (Wildman–Crippen LogP) is 2.37. The van der Waals surface area contributed by atoms with E-state index in [9.17, 15) is 12.8 Å². The molecule has 1 heterocycles. The Morgan fingerprint density at radius 3 is 2.52 bits per heavy atom. The third-order valence-corrected chi connectivity index (χ3v) is 4.78. The van der Waals surface area contributed by atoms with Crippen molar-refractivity contribution >= 4 is 10.0 Å². The second-order valence-corrected chi connectivity index (χ2v) is 6.92. The van der Waals surface area contributed by atoms with E-state index in [1.807, 2.05) is 30.3 Å². The van der Waals surface area contributed by atoms with Crippen LogP contribution in [0.1, 0.15) is 0 Å². The number of rotatable bonds is 7. The summed E-state index contributed by atoms with van der Waals surface area (Å²) >= 11 is 0. The summed E-state index contributed by atoms with van der Waals surface area (Å²) in [6.07, 6.45) is 2.73. The molecule has 1 aromatic heterocycles. The maximum atomic E-state index is 12.8. The van der Waals surface area contributed by atoms with Gasteiger partial charge in [-0.1, -0.05) is 18.2 Å². The lowest BCUT2D eigenvalue weighted by Crippen LogP contribution is -2.28. The summed E-state index contributed by atoms with van der Waals surface area (Å²) in [6, 6.07) is 14.7. The van der Waals surface area contributed by atoms with E-state index in [0.717, 1.165) is 5.69 Å². The third kappa shape index (κ3) is 4.43. The molecule has 0 amide bonds. The van der Waals surface area contributed by atoms with Crippen LogP contribution in [0.5, 0.6) is 5.75 Å². The average molecular weight is 361 g/mol. The number of aromatic nitrogens is 2. The Morgan fingerprint density at radius 1 is 1.08 bits per heavy atom. The first-order valence-corrected chi connectivity index (χ1v) is 9.01. The van der Waals surface area contributed by atoms with Crippen LogP contribution < -0.4 is 9.46 Å². The van der Waals surface area contributed by atoms with E-state index in [0.29, 0.717) is 5.75 Å². The highest BCUT2D eigenvalue weighted by atomic mass is 32.2. The predicted molar refractivity (Wildman–Crippen MR) is 90.6 cm³/mol. The second-order valence-electron chi connectivity index (χ2n) is 5.16. The number of ether oxygens (including phenoxy) is 1. The molecule has 1 N–H and O–H groups in total. The Bertz CT molecular complexity index is 925. The summed E-state index contributed by atoms with van der Waals surface area (Å²) in [5.41, 5.74) is 0.767. The molecule has 0 unspecified atom stereocenters. The normalized spacial score (nSPS) is 11.4. The van der Waals surface area contributed by atoms with Crippen molar-refractivity contribution in [3.63, 3.8) is 0 Å². The molecule has 0 bridgehead atoms. The fourth-order valence-corrected chi connectivity index (χ4v) is 3.07. The third-order valence-electron chi connectivity index (χ3n) is 3.37. The lowest BCUT2D eigenvalue weighted by atomic mass is 10.3. The monoisotopic (exact) mass is 361 g/mol. The van der Waals surface area contributed by atoms with Crippen LogP contribution in [0.3, 0.4) is 0 Å². The van der Waals surface area contributed by atoms with Gasteiger partial charge >= 0.3 is 0 Å². The highest BCUT2D eigenvalue weighted by Gasteiger charge is 2.16. The Balaban J connectivity index is 1.57. The Labute approximate surface area is 144 Å². The smallest absolute Gasteiger partial charge is 0.243 e. The first-order valence-electron chi connectivity index (χ1n) is 7.53. The number of hydrogen-bond donors (Lipinski definition) is 1. The van der Waals surface area contributed by atoms with Crippen molar-refractivity contribution < 1.29 is 17.5 Å². The van der Waals surface area contributed by atoms with Crippen LogP contribution in [0.15, 0.2) is 71.9 Å². The first kappa shape index (κ1) is 17.1. The zero-order chi connectivity index (χ0) is 17.7. The highest BCUT2D eigenvalue weighted by molar-refractivity contribution is 7.89. The lowest BCUT2D eigenvalue weighted by Gasteiger charge is -2.07. The largest absolute Gasteiger partial charge is 0.492 e. The van der Waals surface area contributed by atoms with Gasteiger partial charge in [-0.3, -0.25) is 0 Å². The van der Waals surface area contributed by atoms with E-state index in [4.69, 9.17) is 4.74 Å². The lowest BCUT2D eigenvalue weighted by molar-refractivity contribution is 0.322. The van der Waals surface area contributed by atoms with Gasteiger partial charge in [-0.25, -0.2) is 22.2 Å². The molecule has 3 rings (SSSR count). The molecule has 0 fully saturated rings. The van der Waals surface area contributed by atoms with Gasteiger partial charge in [0.1, 0.15) is 23.1 Å². The van der Waals surface area contributed by atoms with E-state index < -0.39 is 10.0 Å². The summed E-state index contributed by atoms with van der Waals surface area (Å²) in [5.74, 6) is 0.112. The first-order chi connectivity index (χ1) is 12.0. The summed E-state index contributed by atoms with van der Waals surface area (Å²) in [7, 11) is -3.68. The molecular formula is C17H16FN3O3S. The molecule has 0 aliphatic carbocycles. The van der Waals surface area contributed by atoms with Crippen LogP contribution in [0.4, 0.5) is 4.39 Å². The van der Waals surface area contributed by atoms with Crippen molar-refractivity contribution in [3.8, 4) is 11.4 Å². The maximum absolute atomic E-state index is 12.8.